The molecule has 2 amide bonds. The summed E-state index contributed by atoms with van der Waals surface area (Å²) in [7, 11) is 3.09. The zero-order valence-corrected chi connectivity index (χ0v) is 15.3. The molecule has 1 atom stereocenters. The Labute approximate surface area is 156 Å². The van der Waals surface area contributed by atoms with Crippen LogP contribution in [0.5, 0.6) is 17.2 Å². The lowest BCUT2D eigenvalue weighted by atomic mass is 10.1. The van der Waals surface area contributed by atoms with Crippen molar-refractivity contribution < 1.29 is 27.8 Å². The van der Waals surface area contributed by atoms with Crippen LogP contribution in [-0.4, -0.2) is 26.9 Å². The maximum absolute atomic E-state index is 12.4. The molecule has 0 saturated heterocycles. The molecule has 1 unspecified atom stereocenters. The van der Waals surface area contributed by atoms with Gasteiger partial charge in [0.1, 0.15) is 17.2 Å². The van der Waals surface area contributed by atoms with Gasteiger partial charge < -0.3 is 24.8 Å². The number of methoxy groups -OCH3 is 2. The number of halogens is 2. The Morgan fingerprint density at radius 2 is 1.81 bits per heavy atom. The van der Waals surface area contributed by atoms with E-state index in [0.29, 0.717) is 17.1 Å². The van der Waals surface area contributed by atoms with E-state index < -0.39 is 12.6 Å². The van der Waals surface area contributed by atoms with Crippen LogP contribution in [0, 0.1) is 0 Å². The van der Waals surface area contributed by atoms with Crippen LogP contribution in [-0.2, 0) is 6.54 Å². The van der Waals surface area contributed by atoms with Crippen LogP contribution in [0.3, 0.4) is 0 Å². The van der Waals surface area contributed by atoms with Gasteiger partial charge in [-0.15, -0.1) is 0 Å². The van der Waals surface area contributed by atoms with Gasteiger partial charge in [0.2, 0.25) is 0 Å². The molecule has 0 bridgehead atoms. The molecule has 8 heteroatoms. The van der Waals surface area contributed by atoms with Crippen molar-refractivity contribution in [1.82, 2.24) is 10.6 Å². The number of para-hydroxylation sites is 1. The molecule has 2 N–H and O–H groups in total. The van der Waals surface area contributed by atoms with Crippen molar-refractivity contribution in [3.8, 4) is 17.2 Å². The molecule has 27 heavy (non-hydrogen) atoms. The van der Waals surface area contributed by atoms with Crippen LogP contribution >= 0.6 is 0 Å². The molecule has 2 rings (SSSR count). The molecule has 0 radical (unpaired) electrons. The Morgan fingerprint density at radius 1 is 1.07 bits per heavy atom. The SMILES string of the molecule is COc1ccc(OC)c(C(C)NC(=O)NCc2ccccc2OC(F)F)c1. The van der Waals surface area contributed by atoms with E-state index in [2.05, 4.69) is 15.4 Å². The van der Waals surface area contributed by atoms with E-state index in [-0.39, 0.29) is 18.3 Å². The first kappa shape index (κ1) is 20.3. The van der Waals surface area contributed by atoms with Crippen LogP contribution in [0.1, 0.15) is 24.1 Å². The first-order chi connectivity index (χ1) is 12.9. The average Bonchev–Trinajstić information content (AvgIpc) is 2.66. The predicted octanol–water partition coefficient (Wildman–Crippen LogP) is 3.87. The number of ether oxygens (including phenoxy) is 3. The fourth-order valence-corrected chi connectivity index (χ4v) is 2.54. The molecule has 0 spiro atoms. The third-order valence-electron chi connectivity index (χ3n) is 3.88. The van der Waals surface area contributed by atoms with Crippen molar-refractivity contribution in [2.24, 2.45) is 0 Å². The zero-order chi connectivity index (χ0) is 19.8. The summed E-state index contributed by atoms with van der Waals surface area (Å²) in [6, 6.07) is 10.7. The number of amides is 2. The van der Waals surface area contributed by atoms with Crippen molar-refractivity contribution in [3.63, 3.8) is 0 Å². The molecule has 0 aliphatic heterocycles. The van der Waals surface area contributed by atoms with Gasteiger partial charge in [-0.3, -0.25) is 0 Å². The van der Waals surface area contributed by atoms with Crippen LogP contribution in [0.15, 0.2) is 42.5 Å². The lowest BCUT2D eigenvalue weighted by molar-refractivity contribution is -0.0504. The Balaban J connectivity index is 2.00. The van der Waals surface area contributed by atoms with Crippen molar-refractivity contribution >= 4 is 6.03 Å². The highest BCUT2D eigenvalue weighted by Gasteiger charge is 2.16. The van der Waals surface area contributed by atoms with Crippen LogP contribution in [0.2, 0.25) is 0 Å². The average molecular weight is 380 g/mol. The third-order valence-corrected chi connectivity index (χ3v) is 3.88. The number of hydrogen-bond acceptors (Lipinski definition) is 4. The highest BCUT2D eigenvalue weighted by atomic mass is 19.3. The fourth-order valence-electron chi connectivity index (χ4n) is 2.54. The lowest BCUT2D eigenvalue weighted by Gasteiger charge is -2.19. The summed E-state index contributed by atoms with van der Waals surface area (Å²) >= 11 is 0. The molecule has 0 aromatic heterocycles. The predicted molar refractivity (Wildman–Crippen MR) is 96.4 cm³/mol. The van der Waals surface area contributed by atoms with E-state index >= 15 is 0 Å². The van der Waals surface area contributed by atoms with Crippen LogP contribution in [0.4, 0.5) is 13.6 Å². The highest BCUT2D eigenvalue weighted by Crippen LogP contribution is 2.29. The van der Waals surface area contributed by atoms with E-state index in [9.17, 15) is 13.6 Å². The van der Waals surface area contributed by atoms with Gasteiger partial charge in [-0.1, -0.05) is 18.2 Å². The monoisotopic (exact) mass is 380 g/mol. The molecule has 2 aromatic rings. The van der Waals surface area contributed by atoms with Gasteiger partial charge in [0.15, 0.2) is 0 Å². The van der Waals surface area contributed by atoms with E-state index in [1.807, 2.05) is 0 Å². The number of carbonyl (C=O) groups excluding carboxylic acids is 1. The van der Waals surface area contributed by atoms with Gasteiger partial charge in [0.25, 0.3) is 0 Å². The van der Waals surface area contributed by atoms with E-state index in [0.717, 1.165) is 5.56 Å². The summed E-state index contributed by atoms with van der Waals surface area (Å²) in [6.07, 6.45) is 0. The number of nitrogens with one attached hydrogen (secondary N) is 2. The summed E-state index contributed by atoms with van der Waals surface area (Å²) in [5.74, 6) is 1.27. The normalized spacial score (nSPS) is 11.6. The van der Waals surface area contributed by atoms with Crippen LogP contribution in [0.25, 0.3) is 0 Å². The van der Waals surface area contributed by atoms with Gasteiger partial charge in [0.05, 0.1) is 20.3 Å². The minimum atomic E-state index is -2.93. The maximum Gasteiger partial charge on any atom is 0.387 e. The Bertz CT molecular complexity index is 771. The molecular formula is C19H22F2N2O4. The highest BCUT2D eigenvalue weighted by molar-refractivity contribution is 5.74. The van der Waals surface area contributed by atoms with Crippen molar-refractivity contribution in [3.05, 3.63) is 53.6 Å². The molecule has 0 aliphatic carbocycles. The Morgan fingerprint density at radius 3 is 2.48 bits per heavy atom. The topological polar surface area (TPSA) is 68.8 Å². The van der Waals surface area contributed by atoms with Gasteiger partial charge >= 0.3 is 12.6 Å². The molecule has 2 aromatic carbocycles. The number of alkyl halides is 2. The molecule has 0 heterocycles. The summed E-state index contributed by atoms with van der Waals surface area (Å²) in [6.45, 7) is -1.10. The minimum absolute atomic E-state index is 0.0234. The van der Waals surface area contributed by atoms with Crippen molar-refractivity contribution in [1.29, 1.82) is 0 Å². The number of carbonyl (C=O) groups is 1. The summed E-state index contributed by atoms with van der Waals surface area (Å²) in [5, 5.41) is 5.41. The third kappa shape index (κ3) is 5.73. The maximum atomic E-state index is 12.4. The van der Waals surface area contributed by atoms with E-state index in [1.54, 1.807) is 50.4 Å². The first-order valence-corrected chi connectivity index (χ1v) is 8.23. The van der Waals surface area contributed by atoms with Crippen LogP contribution < -0.4 is 24.8 Å². The first-order valence-electron chi connectivity index (χ1n) is 8.23. The standard InChI is InChI=1S/C19H22F2N2O4/c1-12(15-10-14(25-2)8-9-17(15)26-3)23-19(24)22-11-13-6-4-5-7-16(13)27-18(20)21/h4-10,12,18H,11H2,1-3H3,(H2,22,23,24). The summed E-state index contributed by atoms with van der Waals surface area (Å²) < 4.78 is 39.9. The Hall–Kier alpha value is -3.03. The minimum Gasteiger partial charge on any atom is -0.497 e. The Kier molecular flexibility index (Phi) is 7.22. The smallest absolute Gasteiger partial charge is 0.387 e. The van der Waals surface area contributed by atoms with Crippen molar-refractivity contribution in [2.75, 3.05) is 14.2 Å². The number of urea groups is 1. The largest absolute Gasteiger partial charge is 0.497 e. The second kappa shape index (κ2) is 9.61. The van der Waals surface area contributed by atoms with Crippen molar-refractivity contribution in [2.45, 2.75) is 26.1 Å². The zero-order valence-electron chi connectivity index (χ0n) is 15.3. The van der Waals surface area contributed by atoms with E-state index in [4.69, 9.17) is 9.47 Å². The second-order valence-electron chi connectivity index (χ2n) is 5.64. The number of rotatable bonds is 8. The van der Waals surface area contributed by atoms with E-state index in [1.165, 1.54) is 13.2 Å². The lowest BCUT2D eigenvalue weighted by Crippen LogP contribution is -2.36. The molecular weight excluding hydrogens is 358 g/mol. The van der Waals surface area contributed by atoms with Gasteiger partial charge in [0, 0.05) is 17.7 Å². The van der Waals surface area contributed by atoms with Gasteiger partial charge in [-0.25, -0.2) is 4.79 Å². The quantitative estimate of drug-likeness (QED) is 0.730. The number of benzene rings is 2. The molecule has 6 nitrogen and oxygen atoms in total. The molecule has 0 aliphatic rings. The van der Waals surface area contributed by atoms with Gasteiger partial charge in [-0.05, 0) is 31.2 Å². The molecule has 0 fully saturated rings. The fraction of sp³-hybridized carbons (Fsp3) is 0.316. The number of hydrogen-bond donors (Lipinski definition) is 2. The summed E-state index contributed by atoms with van der Waals surface area (Å²) in [5.41, 5.74) is 1.19. The van der Waals surface area contributed by atoms with Gasteiger partial charge in [-0.2, -0.15) is 8.78 Å². The summed E-state index contributed by atoms with van der Waals surface area (Å²) in [4.78, 5) is 12.2. The second-order valence-corrected chi connectivity index (χ2v) is 5.64. The molecule has 0 saturated carbocycles. The molecule has 146 valence electrons.